The number of nitrogens with zero attached hydrogens (tertiary/aromatic N) is 3. The van der Waals surface area contributed by atoms with Crippen molar-refractivity contribution in [1.29, 1.82) is 0 Å². The van der Waals surface area contributed by atoms with Crippen LogP contribution >= 0.6 is 7.60 Å². The van der Waals surface area contributed by atoms with Gasteiger partial charge in [-0.25, -0.2) is 4.98 Å². The van der Waals surface area contributed by atoms with Crippen LogP contribution in [-0.4, -0.2) is 67.7 Å². The molecule has 1 saturated heterocycles. The van der Waals surface area contributed by atoms with E-state index in [1.165, 1.54) is 10.9 Å². The molecule has 12 nitrogen and oxygen atoms in total. The molecule has 4 N–H and O–H groups in total. The van der Waals surface area contributed by atoms with Gasteiger partial charge in [-0.15, -0.1) is 6.42 Å². The van der Waals surface area contributed by atoms with E-state index in [1.54, 1.807) is 13.8 Å². The molecule has 0 aromatic carbocycles. The van der Waals surface area contributed by atoms with E-state index in [4.69, 9.17) is 30.9 Å². The van der Waals surface area contributed by atoms with E-state index in [0.29, 0.717) is 6.42 Å². The van der Waals surface area contributed by atoms with Crippen molar-refractivity contribution in [2.75, 3.05) is 18.9 Å². The maximum Gasteiger partial charge on any atom is 0.331 e. The van der Waals surface area contributed by atoms with E-state index in [2.05, 4.69) is 20.9 Å². The van der Waals surface area contributed by atoms with Crippen LogP contribution in [-0.2, 0) is 23.3 Å². The van der Waals surface area contributed by atoms with Crippen LogP contribution in [0, 0.1) is 12.3 Å². The lowest BCUT2D eigenvalue weighted by Crippen LogP contribution is -2.39. The second-order valence-electron chi connectivity index (χ2n) is 8.26. The molecular formula is C21H32N5O7P. The van der Waals surface area contributed by atoms with Crippen molar-refractivity contribution in [3.8, 4) is 12.3 Å². The van der Waals surface area contributed by atoms with Crippen LogP contribution in [0.5, 0.6) is 0 Å². The number of rotatable bonds is 11. The molecule has 0 spiro atoms. The Bertz CT molecular complexity index is 1130. The Morgan fingerprint density at radius 1 is 1.38 bits per heavy atom. The van der Waals surface area contributed by atoms with Crippen LogP contribution in [0.3, 0.4) is 0 Å². The summed E-state index contributed by atoms with van der Waals surface area (Å²) in [7, 11) is -4.04. The summed E-state index contributed by atoms with van der Waals surface area (Å²) in [6.45, 7) is 7.30. The minimum Gasteiger partial charge on any atom is -0.376 e. The third kappa shape index (κ3) is 5.51. The van der Waals surface area contributed by atoms with Gasteiger partial charge in [0.25, 0.3) is 5.56 Å². The van der Waals surface area contributed by atoms with Gasteiger partial charge in [-0.2, -0.15) is 4.98 Å². The number of nitrogens with two attached hydrogens (primary N) is 1. The van der Waals surface area contributed by atoms with Gasteiger partial charge < -0.3 is 24.8 Å². The first kappa shape index (κ1) is 26.3. The number of nitrogen functional groups attached to an aromatic ring is 1. The van der Waals surface area contributed by atoms with Gasteiger partial charge in [0.15, 0.2) is 17.4 Å². The molecule has 1 fully saturated rings. The zero-order valence-electron chi connectivity index (χ0n) is 19.7. The van der Waals surface area contributed by atoms with Crippen LogP contribution in [0.1, 0.15) is 46.8 Å². The molecule has 1 aliphatic rings. The smallest absolute Gasteiger partial charge is 0.331 e. The summed E-state index contributed by atoms with van der Waals surface area (Å²) in [5, 5.41) is 0. The van der Waals surface area contributed by atoms with Crippen molar-refractivity contribution in [2.45, 2.75) is 76.8 Å². The number of aromatic nitrogens is 4. The number of hydrogen-bond donors (Lipinski definition) is 3. The highest BCUT2D eigenvalue weighted by Gasteiger charge is 2.51. The summed E-state index contributed by atoms with van der Waals surface area (Å²) in [6, 6.07) is 0. The fraction of sp³-hybridized carbons (Fsp3) is 0.667. The predicted octanol–water partition coefficient (Wildman–Crippen LogP) is 1.80. The van der Waals surface area contributed by atoms with Gasteiger partial charge in [0, 0.05) is 0 Å². The number of imidazole rings is 1. The van der Waals surface area contributed by atoms with Gasteiger partial charge in [0.05, 0.1) is 24.7 Å². The first-order valence-corrected chi connectivity index (χ1v) is 12.8. The van der Waals surface area contributed by atoms with Crippen molar-refractivity contribution in [3.05, 3.63) is 16.7 Å². The summed E-state index contributed by atoms with van der Waals surface area (Å²) >= 11 is 0. The number of hydrogen-bond acceptors (Lipinski definition) is 9. The zero-order valence-corrected chi connectivity index (χ0v) is 20.6. The molecule has 34 heavy (non-hydrogen) atoms. The highest BCUT2D eigenvalue weighted by atomic mass is 31.2. The molecule has 7 unspecified atom stereocenters. The summed E-state index contributed by atoms with van der Waals surface area (Å²) in [5.74, 6) is 2.30. The maximum atomic E-state index is 13.0. The van der Waals surface area contributed by atoms with E-state index < -0.39 is 43.4 Å². The molecule has 1 aliphatic heterocycles. The molecule has 0 bridgehead atoms. The van der Waals surface area contributed by atoms with Gasteiger partial charge in [-0.1, -0.05) is 26.7 Å². The SMILES string of the molecule is C#CCOC1C(OP(=O)(O)C(C)CC)C(COC(C)CC)OC1n1cnc2c(=O)[nH]c(N)nc21. The van der Waals surface area contributed by atoms with E-state index in [0.717, 1.165) is 6.42 Å². The van der Waals surface area contributed by atoms with Crippen LogP contribution < -0.4 is 11.3 Å². The minimum absolute atomic E-state index is 0.0534. The molecule has 2 aromatic rings. The fourth-order valence-corrected chi connectivity index (χ4v) is 4.80. The third-order valence-electron chi connectivity index (χ3n) is 5.91. The monoisotopic (exact) mass is 497 g/mol. The molecule has 0 saturated carbocycles. The van der Waals surface area contributed by atoms with Gasteiger partial charge in [0.1, 0.15) is 24.9 Å². The Kier molecular flexibility index (Phi) is 8.52. The molecule has 13 heteroatoms. The highest BCUT2D eigenvalue weighted by molar-refractivity contribution is 7.53. The highest BCUT2D eigenvalue weighted by Crippen LogP contribution is 2.53. The molecule has 7 atom stereocenters. The van der Waals surface area contributed by atoms with Crippen molar-refractivity contribution < 1.29 is 28.2 Å². The molecule has 3 heterocycles. The zero-order chi connectivity index (χ0) is 25.0. The Morgan fingerprint density at radius 3 is 2.76 bits per heavy atom. The molecule has 188 valence electrons. The Balaban J connectivity index is 2.04. The first-order chi connectivity index (χ1) is 16.1. The van der Waals surface area contributed by atoms with Crippen LogP contribution in [0.2, 0.25) is 0 Å². The van der Waals surface area contributed by atoms with Gasteiger partial charge >= 0.3 is 7.60 Å². The van der Waals surface area contributed by atoms with Gasteiger partial charge in [-0.3, -0.25) is 23.4 Å². The number of ether oxygens (including phenoxy) is 3. The number of nitrogens with one attached hydrogen (secondary N) is 1. The van der Waals surface area contributed by atoms with Gasteiger partial charge in [-0.05, 0) is 19.8 Å². The summed E-state index contributed by atoms with van der Waals surface area (Å²) in [5.41, 5.74) is 4.83. The quantitative estimate of drug-likeness (QED) is 0.308. The van der Waals surface area contributed by atoms with E-state index in [1.807, 2.05) is 13.8 Å². The first-order valence-electron chi connectivity index (χ1n) is 11.2. The lowest BCUT2D eigenvalue weighted by atomic mass is 10.1. The molecule has 0 aliphatic carbocycles. The predicted molar refractivity (Wildman–Crippen MR) is 125 cm³/mol. The fourth-order valence-electron chi connectivity index (χ4n) is 3.53. The number of H-pyrrole nitrogens is 1. The molecule has 3 rings (SSSR count). The number of aromatic amines is 1. The molecule has 0 amide bonds. The lowest BCUT2D eigenvalue weighted by Gasteiger charge is -2.28. The van der Waals surface area contributed by atoms with Crippen LogP contribution in [0.25, 0.3) is 11.2 Å². The molecule has 2 aromatic heterocycles. The van der Waals surface area contributed by atoms with Crippen LogP contribution in [0.15, 0.2) is 11.1 Å². The van der Waals surface area contributed by atoms with E-state index in [9.17, 15) is 14.3 Å². The number of anilines is 1. The summed E-state index contributed by atoms with van der Waals surface area (Å²) in [4.78, 5) is 33.6. The average molecular weight is 497 g/mol. The normalized spacial score (nSPS) is 26.2. The van der Waals surface area contributed by atoms with Crippen molar-refractivity contribution in [1.82, 2.24) is 19.5 Å². The van der Waals surface area contributed by atoms with Crippen LogP contribution in [0.4, 0.5) is 5.95 Å². The summed E-state index contributed by atoms with van der Waals surface area (Å²) in [6.07, 6.45) is 4.29. The van der Waals surface area contributed by atoms with Gasteiger partial charge in [0.2, 0.25) is 5.95 Å². The topological polar surface area (TPSA) is 164 Å². The summed E-state index contributed by atoms with van der Waals surface area (Å²) < 4.78 is 38.2. The lowest BCUT2D eigenvalue weighted by molar-refractivity contribution is -0.0808. The van der Waals surface area contributed by atoms with Crippen molar-refractivity contribution in [3.63, 3.8) is 0 Å². The standard InChI is InChI=1S/C21H32N5O7P/c1-6-9-30-17-16(33-34(28,29)13(5)8-3)14(10-31-12(4)7-2)32-20(17)26-11-23-15-18(26)24-21(22)25-19(15)27/h1,11-14,16-17,20H,7-10H2,2-5H3,(H,28,29)(H3,22,24,25,27). The van der Waals surface area contributed by atoms with E-state index >= 15 is 0 Å². The van der Waals surface area contributed by atoms with Crippen molar-refractivity contribution in [2.24, 2.45) is 0 Å². The Labute approximate surface area is 197 Å². The minimum atomic E-state index is -4.04. The number of terminal acetylenes is 1. The average Bonchev–Trinajstić information content (AvgIpc) is 3.36. The Hall–Kier alpha value is -2.26. The Morgan fingerprint density at radius 2 is 2.12 bits per heavy atom. The largest absolute Gasteiger partial charge is 0.376 e. The second kappa shape index (κ2) is 11.0. The molecular weight excluding hydrogens is 465 g/mol. The third-order valence-corrected chi connectivity index (χ3v) is 7.93. The maximum absolute atomic E-state index is 13.0. The molecule has 0 radical (unpaired) electrons. The van der Waals surface area contributed by atoms with Crippen molar-refractivity contribution >= 4 is 24.7 Å². The second-order valence-corrected chi connectivity index (χ2v) is 10.5. The van der Waals surface area contributed by atoms with E-state index in [-0.39, 0.29) is 36.4 Å². The number of fused-ring (bicyclic) bond motifs is 1.